The van der Waals surface area contributed by atoms with E-state index < -0.39 is 0 Å². The van der Waals surface area contributed by atoms with Gasteiger partial charge in [0.05, 0.1) is 5.69 Å². The van der Waals surface area contributed by atoms with E-state index in [0.717, 1.165) is 36.9 Å². The molecule has 0 aliphatic carbocycles. The van der Waals surface area contributed by atoms with Gasteiger partial charge in [-0.25, -0.2) is 4.98 Å². The Morgan fingerprint density at radius 1 is 1.36 bits per heavy atom. The Morgan fingerprint density at radius 2 is 2.23 bits per heavy atom. The van der Waals surface area contributed by atoms with Crippen molar-refractivity contribution in [2.45, 2.75) is 26.7 Å². The van der Waals surface area contributed by atoms with Gasteiger partial charge in [0.25, 0.3) is 5.91 Å². The van der Waals surface area contributed by atoms with Crippen molar-refractivity contribution in [3.8, 4) is 0 Å². The molecule has 6 nitrogen and oxygen atoms in total. The lowest BCUT2D eigenvalue weighted by Crippen LogP contribution is -2.35. The SMILES string of the molecule is CCc1noc(C)c1C(=O)N1CCCN(c2nccs2)CC1. The maximum absolute atomic E-state index is 12.8. The van der Waals surface area contributed by atoms with Crippen LogP contribution in [0.25, 0.3) is 0 Å². The summed E-state index contributed by atoms with van der Waals surface area (Å²) in [7, 11) is 0. The Labute approximate surface area is 133 Å². The molecule has 0 radical (unpaired) electrons. The molecule has 2 aromatic heterocycles. The number of nitrogens with zero attached hydrogens (tertiary/aromatic N) is 4. The molecule has 0 aromatic carbocycles. The molecule has 0 bridgehead atoms. The van der Waals surface area contributed by atoms with E-state index in [4.69, 9.17) is 4.52 Å². The molecule has 118 valence electrons. The van der Waals surface area contributed by atoms with E-state index in [1.807, 2.05) is 23.4 Å². The summed E-state index contributed by atoms with van der Waals surface area (Å²) in [6.45, 7) is 6.99. The summed E-state index contributed by atoms with van der Waals surface area (Å²) in [4.78, 5) is 21.3. The van der Waals surface area contributed by atoms with Crippen LogP contribution in [0.4, 0.5) is 5.13 Å². The Morgan fingerprint density at radius 3 is 2.95 bits per heavy atom. The first-order chi connectivity index (χ1) is 10.7. The van der Waals surface area contributed by atoms with Crippen LogP contribution in [0.5, 0.6) is 0 Å². The van der Waals surface area contributed by atoms with Gasteiger partial charge in [-0.2, -0.15) is 0 Å². The number of amides is 1. The van der Waals surface area contributed by atoms with E-state index in [-0.39, 0.29) is 5.91 Å². The van der Waals surface area contributed by atoms with E-state index in [1.54, 1.807) is 18.3 Å². The highest BCUT2D eigenvalue weighted by molar-refractivity contribution is 7.13. The number of hydrogen-bond acceptors (Lipinski definition) is 6. The third kappa shape index (κ3) is 2.85. The third-order valence-corrected chi connectivity index (χ3v) is 4.79. The smallest absolute Gasteiger partial charge is 0.259 e. The molecule has 0 spiro atoms. The molecule has 2 aromatic rings. The van der Waals surface area contributed by atoms with Crippen LogP contribution >= 0.6 is 11.3 Å². The minimum absolute atomic E-state index is 0.0385. The van der Waals surface area contributed by atoms with E-state index in [1.165, 1.54) is 0 Å². The normalized spacial score (nSPS) is 15.9. The van der Waals surface area contributed by atoms with Crippen LogP contribution in [0.3, 0.4) is 0 Å². The maximum atomic E-state index is 12.8. The first kappa shape index (κ1) is 15.0. The quantitative estimate of drug-likeness (QED) is 0.869. The third-order valence-electron chi connectivity index (χ3n) is 3.96. The lowest BCUT2D eigenvalue weighted by Gasteiger charge is -2.21. The fraction of sp³-hybridized carbons (Fsp3) is 0.533. The van der Waals surface area contributed by atoms with E-state index in [2.05, 4.69) is 15.0 Å². The van der Waals surface area contributed by atoms with Crippen LogP contribution in [0.15, 0.2) is 16.1 Å². The highest BCUT2D eigenvalue weighted by Gasteiger charge is 2.26. The summed E-state index contributed by atoms with van der Waals surface area (Å²) in [6.07, 6.45) is 3.47. The van der Waals surface area contributed by atoms with Crippen molar-refractivity contribution in [1.82, 2.24) is 15.0 Å². The number of carbonyl (C=O) groups excluding carboxylic acids is 1. The average Bonchev–Trinajstić information content (AvgIpc) is 3.11. The Hall–Kier alpha value is -1.89. The van der Waals surface area contributed by atoms with Gasteiger partial charge in [-0.3, -0.25) is 4.79 Å². The van der Waals surface area contributed by atoms with Crippen LogP contribution in [0.2, 0.25) is 0 Å². The fourth-order valence-corrected chi connectivity index (χ4v) is 3.47. The molecule has 0 unspecified atom stereocenters. The monoisotopic (exact) mass is 320 g/mol. The molecule has 0 saturated carbocycles. The zero-order chi connectivity index (χ0) is 15.5. The molecule has 0 atom stereocenters. The van der Waals surface area contributed by atoms with Crippen LogP contribution in [-0.4, -0.2) is 47.1 Å². The molecule has 22 heavy (non-hydrogen) atoms. The van der Waals surface area contributed by atoms with Crippen molar-refractivity contribution in [1.29, 1.82) is 0 Å². The second-order valence-corrected chi connectivity index (χ2v) is 6.23. The lowest BCUT2D eigenvalue weighted by atomic mass is 10.1. The lowest BCUT2D eigenvalue weighted by molar-refractivity contribution is 0.0764. The largest absolute Gasteiger partial charge is 0.361 e. The van der Waals surface area contributed by atoms with Gasteiger partial charge in [-0.1, -0.05) is 12.1 Å². The zero-order valence-corrected chi connectivity index (χ0v) is 13.7. The Bertz CT molecular complexity index is 638. The number of aryl methyl sites for hydroxylation is 2. The van der Waals surface area contributed by atoms with E-state index in [9.17, 15) is 4.79 Å². The first-order valence-corrected chi connectivity index (χ1v) is 8.47. The number of hydrogen-bond donors (Lipinski definition) is 0. The molecule has 0 N–H and O–H groups in total. The minimum atomic E-state index is 0.0385. The summed E-state index contributed by atoms with van der Waals surface area (Å²) in [6, 6.07) is 0. The molecule has 7 heteroatoms. The maximum Gasteiger partial charge on any atom is 0.259 e. The van der Waals surface area contributed by atoms with Crippen molar-refractivity contribution < 1.29 is 9.32 Å². The predicted molar refractivity (Wildman–Crippen MR) is 85.5 cm³/mol. The highest BCUT2D eigenvalue weighted by atomic mass is 32.1. The predicted octanol–water partition coefficient (Wildman–Crippen LogP) is 2.35. The first-order valence-electron chi connectivity index (χ1n) is 7.59. The minimum Gasteiger partial charge on any atom is -0.361 e. The molecule has 1 fully saturated rings. The number of anilines is 1. The second kappa shape index (κ2) is 6.48. The molecular weight excluding hydrogens is 300 g/mol. The number of carbonyl (C=O) groups is 1. The van der Waals surface area contributed by atoms with Gasteiger partial charge >= 0.3 is 0 Å². The molecule has 1 aliphatic rings. The average molecular weight is 320 g/mol. The molecule has 3 heterocycles. The number of thiazole rings is 1. The van der Waals surface area contributed by atoms with Crippen molar-refractivity contribution >= 4 is 22.4 Å². The van der Waals surface area contributed by atoms with E-state index in [0.29, 0.717) is 24.3 Å². The van der Waals surface area contributed by atoms with Gasteiger partial charge < -0.3 is 14.3 Å². The van der Waals surface area contributed by atoms with Gasteiger partial charge in [0.1, 0.15) is 11.3 Å². The highest BCUT2D eigenvalue weighted by Crippen LogP contribution is 2.21. The van der Waals surface area contributed by atoms with Crippen LogP contribution in [0, 0.1) is 6.92 Å². The van der Waals surface area contributed by atoms with Crippen molar-refractivity contribution in [3.63, 3.8) is 0 Å². The number of rotatable bonds is 3. The van der Waals surface area contributed by atoms with Gasteiger partial charge in [0.15, 0.2) is 5.13 Å². The fourth-order valence-electron chi connectivity index (χ4n) is 2.78. The zero-order valence-electron chi connectivity index (χ0n) is 12.9. The summed E-state index contributed by atoms with van der Waals surface area (Å²) >= 11 is 1.64. The van der Waals surface area contributed by atoms with E-state index >= 15 is 0 Å². The van der Waals surface area contributed by atoms with Gasteiger partial charge in [0.2, 0.25) is 0 Å². The van der Waals surface area contributed by atoms with Crippen LogP contribution in [-0.2, 0) is 6.42 Å². The molecule has 1 saturated heterocycles. The summed E-state index contributed by atoms with van der Waals surface area (Å²) < 4.78 is 5.19. The van der Waals surface area contributed by atoms with Crippen LogP contribution < -0.4 is 4.90 Å². The summed E-state index contributed by atoms with van der Waals surface area (Å²) in [5.41, 5.74) is 1.40. The summed E-state index contributed by atoms with van der Waals surface area (Å²) in [5.74, 6) is 0.652. The van der Waals surface area contributed by atoms with Gasteiger partial charge in [0, 0.05) is 37.8 Å². The number of aromatic nitrogens is 2. The topological polar surface area (TPSA) is 62.5 Å². The molecule has 1 amide bonds. The Balaban J connectivity index is 1.73. The van der Waals surface area contributed by atoms with Gasteiger partial charge in [-0.05, 0) is 19.8 Å². The van der Waals surface area contributed by atoms with Crippen LogP contribution in [0.1, 0.15) is 35.2 Å². The Kier molecular flexibility index (Phi) is 4.42. The second-order valence-electron chi connectivity index (χ2n) is 5.36. The molecule has 3 rings (SSSR count). The molecule has 1 aliphatic heterocycles. The summed E-state index contributed by atoms with van der Waals surface area (Å²) in [5, 5.41) is 7.00. The van der Waals surface area contributed by atoms with Crippen molar-refractivity contribution in [2.75, 3.05) is 31.1 Å². The van der Waals surface area contributed by atoms with Crippen molar-refractivity contribution in [3.05, 3.63) is 28.6 Å². The van der Waals surface area contributed by atoms with Crippen molar-refractivity contribution in [2.24, 2.45) is 0 Å². The van der Waals surface area contributed by atoms with Gasteiger partial charge in [-0.15, -0.1) is 11.3 Å². The molecular formula is C15H20N4O2S. The standard InChI is InChI=1S/C15H20N4O2S/c1-3-12-13(11(2)21-17-12)14(20)18-6-4-7-19(9-8-18)15-16-5-10-22-15/h5,10H,3-4,6-9H2,1-2H3.